The van der Waals surface area contributed by atoms with Crippen molar-refractivity contribution in [3.63, 3.8) is 0 Å². The number of fused-ring (bicyclic) bond motifs is 1. The lowest BCUT2D eigenvalue weighted by molar-refractivity contribution is -0.147. The number of rotatable bonds is 6. The summed E-state index contributed by atoms with van der Waals surface area (Å²) >= 11 is 0. The Morgan fingerprint density at radius 3 is 3.00 bits per heavy atom. The van der Waals surface area contributed by atoms with Gasteiger partial charge in [-0.1, -0.05) is 6.07 Å². The number of hydrogen-bond donors (Lipinski definition) is 2. The molecule has 7 nitrogen and oxygen atoms in total. The van der Waals surface area contributed by atoms with Gasteiger partial charge in [0.05, 0.1) is 13.5 Å². The van der Waals surface area contributed by atoms with E-state index in [1.165, 1.54) is 19.1 Å². The topological polar surface area (TPSA) is 97.5 Å². The van der Waals surface area contributed by atoms with E-state index >= 15 is 0 Å². The Morgan fingerprint density at radius 2 is 2.24 bits per heavy atom. The van der Waals surface area contributed by atoms with Gasteiger partial charge in [-0.15, -0.1) is 0 Å². The molecule has 25 heavy (non-hydrogen) atoms. The second kappa shape index (κ2) is 7.82. The zero-order valence-corrected chi connectivity index (χ0v) is 14.7. The number of carbonyl (C=O) groups excluding carboxylic acids is 2. The number of likely N-dealkylation sites (tertiary alicyclic amines) is 1. The van der Waals surface area contributed by atoms with Gasteiger partial charge in [0.2, 0.25) is 5.91 Å². The number of esters is 1. The minimum atomic E-state index is -0.872. The molecule has 0 unspecified atom stereocenters. The van der Waals surface area contributed by atoms with Gasteiger partial charge in [-0.3, -0.25) is 9.59 Å². The van der Waals surface area contributed by atoms with Crippen LogP contribution < -0.4 is 11.1 Å². The molecule has 0 aliphatic carbocycles. The molecule has 1 saturated heterocycles. The second-order valence-corrected chi connectivity index (χ2v) is 6.88. The molecule has 1 aromatic rings. The van der Waals surface area contributed by atoms with E-state index in [0.717, 1.165) is 50.4 Å². The molecule has 0 aromatic carbocycles. The molecule has 3 rings (SSSR count). The Kier molecular flexibility index (Phi) is 5.53. The molecular weight excluding hydrogens is 320 g/mol. The summed E-state index contributed by atoms with van der Waals surface area (Å²) in [5.74, 6) is 0.901. The summed E-state index contributed by atoms with van der Waals surface area (Å²) in [7, 11) is 1.27. The number of hydrogen-bond acceptors (Lipinski definition) is 6. The standard InChI is InChI=1S/C18H26N4O3/c1-25-18(24)15(19)9-16(23)22-10-12(11-22)4-6-14-7-5-13-3-2-8-20-17(13)21-14/h5,7,12,15H,2-4,6,8-11,19H2,1H3,(H,20,21)/t15-/m0/s1. The summed E-state index contributed by atoms with van der Waals surface area (Å²) < 4.78 is 4.55. The molecule has 7 heteroatoms. The summed E-state index contributed by atoms with van der Waals surface area (Å²) in [6.45, 7) is 2.46. The van der Waals surface area contributed by atoms with E-state index in [1.54, 1.807) is 4.90 Å². The van der Waals surface area contributed by atoms with Crippen LogP contribution in [0.15, 0.2) is 12.1 Å². The number of carbonyl (C=O) groups is 2. The predicted molar refractivity (Wildman–Crippen MR) is 94.0 cm³/mol. The molecule has 0 saturated carbocycles. The van der Waals surface area contributed by atoms with Crippen LogP contribution in [0, 0.1) is 5.92 Å². The van der Waals surface area contributed by atoms with Crippen molar-refractivity contribution in [2.45, 2.75) is 38.1 Å². The number of anilines is 1. The lowest BCUT2D eigenvalue weighted by atomic mass is 9.93. The van der Waals surface area contributed by atoms with Crippen molar-refractivity contribution in [1.29, 1.82) is 0 Å². The first-order chi connectivity index (χ1) is 12.1. The third kappa shape index (κ3) is 4.28. The molecule has 136 valence electrons. The van der Waals surface area contributed by atoms with Gasteiger partial charge in [0.1, 0.15) is 11.9 Å². The first-order valence-corrected chi connectivity index (χ1v) is 8.90. The summed E-state index contributed by atoms with van der Waals surface area (Å²) in [4.78, 5) is 29.8. The molecule has 1 amide bonds. The molecule has 2 aliphatic heterocycles. The fourth-order valence-electron chi connectivity index (χ4n) is 3.37. The number of nitrogens with one attached hydrogen (secondary N) is 1. The number of aromatic nitrogens is 1. The van der Waals surface area contributed by atoms with Crippen LogP contribution in [0.25, 0.3) is 0 Å². The Bertz CT molecular complexity index is 643. The highest BCUT2D eigenvalue weighted by Gasteiger charge is 2.32. The monoisotopic (exact) mass is 346 g/mol. The van der Waals surface area contributed by atoms with Gasteiger partial charge in [0, 0.05) is 25.3 Å². The van der Waals surface area contributed by atoms with Crippen molar-refractivity contribution >= 4 is 17.7 Å². The second-order valence-electron chi connectivity index (χ2n) is 6.88. The van der Waals surface area contributed by atoms with Crippen molar-refractivity contribution in [2.75, 3.05) is 32.1 Å². The molecular formula is C18H26N4O3. The summed E-state index contributed by atoms with van der Waals surface area (Å²) in [5.41, 5.74) is 8.04. The van der Waals surface area contributed by atoms with E-state index in [4.69, 9.17) is 10.7 Å². The van der Waals surface area contributed by atoms with Gasteiger partial charge in [0.25, 0.3) is 0 Å². The van der Waals surface area contributed by atoms with Gasteiger partial charge >= 0.3 is 5.97 Å². The minimum absolute atomic E-state index is 0.0113. The minimum Gasteiger partial charge on any atom is -0.468 e. The van der Waals surface area contributed by atoms with Gasteiger partial charge in [0.15, 0.2) is 0 Å². The highest BCUT2D eigenvalue weighted by Crippen LogP contribution is 2.24. The Balaban J connectivity index is 1.40. The predicted octanol–water partition coefficient (Wildman–Crippen LogP) is 0.721. The van der Waals surface area contributed by atoms with Crippen molar-refractivity contribution in [3.8, 4) is 0 Å². The van der Waals surface area contributed by atoms with Crippen LogP contribution in [0.2, 0.25) is 0 Å². The molecule has 0 radical (unpaired) electrons. The van der Waals surface area contributed by atoms with Gasteiger partial charge in [-0.2, -0.15) is 0 Å². The third-order valence-corrected chi connectivity index (χ3v) is 4.97. The number of nitrogens with zero attached hydrogens (tertiary/aromatic N) is 2. The van der Waals surface area contributed by atoms with Crippen LogP contribution in [0.5, 0.6) is 0 Å². The SMILES string of the molecule is COC(=O)[C@@H](N)CC(=O)N1CC(CCc2ccc3c(n2)NCCC3)C1. The van der Waals surface area contributed by atoms with Gasteiger partial charge < -0.3 is 20.7 Å². The Labute approximate surface area is 147 Å². The number of nitrogens with two attached hydrogens (primary N) is 1. The van der Waals surface area contributed by atoms with Crippen molar-refractivity contribution in [1.82, 2.24) is 9.88 Å². The van der Waals surface area contributed by atoms with Crippen LogP contribution in [-0.2, 0) is 27.2 Å². The van der Waals surface area contributed by atoms with E-state index < -0.39 is 12.0 Å². The zero-order chi connectivity index (χ0) is 17.8. The molecule has 1 aromatic heterocycles. The molecule has 2 aliphatic rings. The van der Waals surface area contributed by atoms with E-state index in [0.29, 0.717) is 5.92 Å². The summed E-state index contributed by atoms with van der Waals surface area (Å²) in [6.07, 6.45) is 4.21. The molecule has 1 atom stereocenters. The van der Waals surface area contributed by atoms with Crippen LogP contribution in [-0.4, -0.2) is 54.5 Å². The van der Waals surface area contributed by atoms with E-state index in [1.807, 2.05) is 0 Å². The summed E-state index contributed by atoms with van der Waals surface area (Å²) in [6, 6.07) is 3.42. The number of aryl methyl sites for hydroxylation is 2. The lowest BCUT2D eigenvalue weighted by Crippen LogP contribution is -2.52. The quantitative estimate of drug-likeness (QED) is 0.737. The third-order valence-electron chi connectivity index (χ3n) is 4.97. The maximum Gasteiger partial charge on any atom is 0.323 e. The maximum atomic E-state index is 12.1. The maximum absolute atomic E-state index is 12.1. The normalized spacial score (nSPS) is 17.9. The number of pyridine rings is 1. The highest BCUT2D eigenvalue weighted by atomic mass is 16.5. The molecule has 0 spiro atoms. The zero-order valence-electron chi connectivity index (χ0n) is 14.7. The average molecular weight is 346 g/mol. The van der Waals surface area contributed by atoms with E-state index in [-0.39, 0.29) is 12.3 Å². The van der Waals surface area contributed by atoms with Crippen molar-refractivity contribution in [3.05, 3.63) is 23.4 Å². The first-order valence-electron chi connectivity index (χ1n) is 8.90. The lowest BCUT2D eigenvalue weighted by Gasteiger charge is -2.39. The molecule has 3 N–H and O–H groups in total. The highest BCUT2D eigenvalue weighted by molar-refractivity contribution is 5.85. The number of ether oxygens (including phenoxy) is 1. The van der Waals surface area contributed by atoms with E-state index in [9.17, 15) is 9.59 Å². The first kappa shape index (κ1) is 17.7. The van der Waals surface area contributed by atoms with Crippen molar-refractivity contribution in [2.24, 2.45) is 11.7 Å². The van der Waals surface area contributed by atoms with Crippen LogP contribution >= 0.6 is 0 Å². The fourth-order valence-corrected chi connectivity index (χ4v) is 3.37. The molecule has 0 bridgehead atoms. The van der Waals surface area contributed by atoms with Gasteiger partial charge in [-0.05, 0) is 43.2 Å². The van der Waals surface area contributed by atoms with Gasteiger partial charge in [-0.25, -0.2) is 4.98 Å². The largest absolute Gasteiger partial charge is 0.468 e. The number of methoxy groups -OCH3 is 1. The van der Waals surface area contributed by atoms with Crippen LogP contribution in [0.4, 0.5) is 5.82 Å². The average Bonchev–Trinajstić information content (AvgIpc) is 2.59. The smallest absolute Gasteiger partial charge is 0.323 e. The Morgan fingerprint density at radius 1 is 1.44 bits per heavy atom. The van der Waals surface area contributed by atoms with Crippen LogP contribution in [0.3, 0.4) is 0 Å². The van der Waals surface area contributed by atoms with Crippen LogP contribution in [0.1, 0.15) is 30.5 Å². The number of amides is 1. The van der Waals surface area contributed by atoms with E-state index in [2.05, 4.69) is 22.2 Å². The fraction of sp³-hybridized carbons (Fsp3) is 0.611. The Hall–Kier alpha value is -2.15. The molecule has 1 fully saturated rings. The molecule has 3 heterocycles. The van der Waals surface area contributed by atoms with Crippen molar-refractivity contribution < 1.29 is 14.3 Å². The summed E-state index contributed by atoms with van der Waals surface area (Å²) in [5, 5.41) is 3.36.